The maximum atomic E-state index is 5.90. The molecule has 0 radical (unpaired) electrons. The fourth-order valence-electron chi connectivity index (χ4n) is 2.35. The monoisotopic (exact) mass is 462 g/mol. The van der Waals surface area contributed by atoms with Crippen molar-refractivity contribution in [3.05, 3.63) is 29.8 Å². The normalized spacial score (nSPS) is 11.4. The first kappa shape index (κ1) is 24.0. The highest BCUT2D eigenvalue weighted by Crippen LogP contribution is 2.17. The summed E-state index contributed by atoms with van der Waals surface area (Å²) in [7, 11) is 5.90. The Labute approximate surface area is 170 Å². The van der Waals surface area contributed by atoms with Crippen LogP contribution in [0.1, 0.15) is 32.3 Å². The van der Waals surface area contributed by atoms with E-state index in [9.17, 15) is 0 Å². The number of hydrogen-bond donors (Lipinski definition) is 2. The molecule has 0 aromatic heterocycles. The molecule has 144 valence electrons. The molecule has 0 aliphatic carbocycles. The van der Waals surface area contributed by atoms with E-state index in [0.29, 0.717) is 19.1 Å². The van der Waals surface area contributed by atoms with E-state index >= 15 is 0 Å². The van der Waals surface area contributed by atoms with Gasteiger partial charge in [0.1, 0.15) is 12.4 Å². The number of hydrogen-bond acceptors (Lipinski definition) is 3. The number of halogens is 1. The lowest BCUT2D eigenvalue weighted by atomic mass is 10.0. The highest BCUT2D eigenvalue weighted by Gasteiger charge is 2.07. The average Bonchev–Trinajstić information content (AvgIpc) is 2.59. The fraction of sp³-hybridized carbons (Fsp3) is 0.632. The lowest BCUT2D eigenvalue weighted by molar-refractivity contribution is 0.259. The van der Waals surface area contributed by atoms with Gasteiger partial charge in [-0.2, -0.15) is 0 Å². The van der Waals surface area contributed by atoms with Crippen LogP contribution < -0.4 is 15.4 Å². The quantitative estimate of drug-likeness (QED) is 0.318. The number of rotatable bonds is 10. The standard InChI is InChI=1S/C19H34N4O.HI/c1-6-16(7-2)14-21-19(20-3)22-15-17-10-8-9-11-18(17)24-13-12-23(4)5;/h8-11,16H,6-7,12-15H2,1-5H3,(H2,20,21,22);1H. The van der Waals surface area contributed by atoms with Gasteiger partial charge in [-0.1, -0.05) is 44.9 Å². The molecule has 0 spiro atoms. The van der Waals surface area contributed by atoms with Crippen LogP contribution in [-0.2, 0) is 6.54 Å². The van der Waals surface area contributed by atoms with Crippen molar-refractivity contribution < 1.29 is 4.74 Å². The summed E-state index contributed by atoms with van der Waals surface area (Å²) in [6.45, 7) is 7.70. The highest BCUT2D eigenvalue weighted by molar-refractivity contribution is 14.0. The maximum Gasteiger partial charge on any atom is 0.191 e. The van der Waals surface area contributed by atoms with E-state index in [2.05, 4.69) is 40.4 Å². The zero-order valence-corrected chi connectivity index (χ0v) is 18.7. The zero-order valence-electron chi connectivity index (χ0n) is 16.3. The molecule has 0 heterocycles. The van der Waals surface area contributed by atoms with Crippen LogP contribution in [0.3, 0.4) is 0 Å². The molecule has 0 fully saturated rings. The first-order valence-electron chi connectivity index (χ1n) is 8.90. The first-order chi connectivity index (χ1) is 11.6. The number of ether oxygens (including phenoxy) is 1. The second kappa shape index (κ2) is 14.2. The van der Waals surface area contributed by atoms with Gasteiger partial charge in [0.2, 0.25) is 0 Å². The number of likely N-dealkylation sites (N-methyl/N-ethyl adjacent to an activating group) is 1. The van der Waals surface area contributed by atoms with Crippen LogP contribution >= 0.6 is 24.0 Å². The van der Waals surface area contributed by atoms with Gasteiger partial charge in [0.25, 0.3) is 0 Å². The molecule has 1 rings (SSSR count). The third-order valence-corrected chi connectivity index (χ3v) is 4.15. The van der Waals surface area contributed by atoms with E-state index in [1.54, 1.807) is 0 Å². The minimum atomic E-state index is 0. The SMILES string of the molecule is CCC(CC)CNC(=NC)NCc1ccccc1OCCN(C)C.I. The Bertz CT molecular complexity index is 490. The number of nitrogens with one attached hydrogen (secondary N) is 2. The number of guanidine groups is 1. The van der Waals surface area contributed by atoms with Crippen molar-refractivity contribution in [3.8, 4) is 5.75 Å². The topological polar surface area (TPSA) is 48.9 Å². The van der Waals surface area contributed by atoms with Gasteiger partial charge in [-0.15, -0.1) is 24.0 Å². The molecule has 1 aromatic carbocycles. The molecule has 0 atom stereocenters. The molecule has 0 amide bonds. The van der Waals surface area contributed by atoms with Crippen LogP contribution in [0.5, 0.6) is 5.75 Å². The van der Waals surface area contributed by atoms with Gasteiger partial charge >= 0.3 is 0 Å². The van der Waals surface area contributed by atoms with E-state index in [4.69, 9.17) is 4.74 Å². The van der Waals surface area contributed by atoms with Crippen molar-refractivity contribution >= 4 is 29.9 Å². The molecule has 0 unspecified atom stereocenters. The number of para-hydroxylation sites is 1. The summed E-state index contributed by atoms with van der Waals surface area (Å²) in [5.41, 5.74) is 1.14. The average molecular weight is 462 g/mol. The van der Waals surface area contributed by atoms with Gasteiger partial charge in [-0.05, 0) is 26.1 Å². The van der Waals surface area contributed by atoms with Crippen molar-refractivity contribution in [2.45, 2.75) is 33.2 Å². The Kier molecular flexibility index (Phi) is 13.6. The Morgan fingerprint density at radius 3 is 2.44 bits per heavy atom. The van der Waals surface area contributed by atoms with Gasteiger partial charge in [-0.3, -0.25) is 4.99 Å². The van der Waals surface area contributed by atoms with Gasteiger partial charge in [0.05, 0.1) is 0 Å². The highest BCUT2D eigenvalue weighted by atomic mass is 127. The maximum absolute atomic E-state index is 5.90. The Balaban J connectivity index is 0.00000576. The summed E-state index contributed by atoms with van der Waals surface area (Å²) in [5, 5.41) is 6.79. The minimum Gasteiger partial charge on any atom is -0.492 e. The molecular weight excluding hydrogens is 427 g/mol. The van der Waals surface area contributed by atoms with Crippen molar-refractivity contribution in [3.63, 3.8) is 0 Å². The van der Waals surface area contributed by atoms with Gasteiger partial charge in [0.15, 0.2) is 5.96 Å². The van der Waals surface area contributed by atoms with Crippen molar-refractivity contribution in [2.75, 3.05) is 40.8 Å². The summed E-state index contributed by atoms with van der Waals surface area (Å²) < 4.78 is 5.90. The van der Waals surface area contributed by atoms with E-state index in [1.807, 2.05) is 39.3 Å². The molecule has 6 heteroatoms. The zero-order chi connectivity index (χ0) is 17.8. The molecule has 25 heavy (non-hydrogen) atoms. The largest absolute Gasteiger partial charge is 0.492 e. The second-order valence-corrected chi connectivity index (χ2v) is 6.25. The molecule has 0 saturated carbocycles. The first-order valence-corrected chi connectivity index (χ1v) is 8.90. The number of nitrogens with zero attached hydrogens (tertiary/aromatic N) is 2. The van der Waals surface area contributed by atoms with Gasteiger partial charge < -0.3 is 20.3 Å². The van der Waals surface area contributed by atoms with Crippen LogP contribution in [-0.4, -0.2) is 51.7 Å². The molecular formula is C19H35IN4O. The Hall–Kier alpha value is -1.02. The Morgan fingerprint density at radius 2 is 1.84 bits per heavy atom. The van der Waals surface area contributed by atoms with Crippen LogP contribution in [0, 0.1) is 5.92 Å². The molecule has 2 N–H and O–H groups in total. The van der Waals surface area contributed by atoms with E-state index in [-0.39, 0.29) is 24.0 Å². The third-order valence-electron chi connectivity index (χ3n) is 4.15. The molecule has 5 nitrogen and oxygen atoms in total. The second-order valence-electron chi connectivity index (χ2n) is 6.25. The molecule has 0 bridgehead atoms. The summed E-state index contributed by atoms with van der Waals surface area (Å²) in [4.78, 5) is 6.42. The lowest BCUT2D eigenvalue weighted by Gasteiger charge is -2.18. The van der Waals surface area contributed by atoms with Crippen molar-refractivity contribution in [1.82, 2.24) is 15.5 Å². The van der Waals surface area contributed by atoms with Crippen molar-refractivity contribution in [1.29, 1.82) is 0 Å². The van der Waals surface area contributed by atoms with E-state index in [1.165, 1.54) is 12.8 Å². The smallest absolute Gasteiger partial charge is 0.191 e. The summed E-state index contributed by atoms with van der Waals surface area (Å²) in [6.07, 6.45) is 2.37. The molecule has 0 saturated heterocycles. The minimum absolute atomic E-state index is 0. The predicted molar refractivity (Wildman–Crippen MR) is 118 cm³/mol. The summed E-state index contributed by atoms with van der Waals surface area (Å²) >= 11 is 0. The molecule has 1 aromatic rings. The number of benzene rings is 1. The van der Waals surface area contributed by atoms with E-state index in [0.717, 1.165) is 30.4 Å². The van der Waals surface area contributed by atoms with Crippen LogP contribution in [0.4, 0.5) is 0 Å². The Morgan fingerprint density at radius 1 is 1.16 bits per heavy atom. The van der Waals surface area contributed by atoms with Crippen LogP contribution in [0.2, 0.25) is 0 Å². The lowest BCUT2D eigenvalue weighted by Crippen LogP contribution is -2.39. The van der Waals surface area contributed by atoms with Crippen LogP contribution in [0.15, 0.2) is 29.3 Å². The van der Waals surface area contributed by atoms with Gasteiger partial charge in [0, 0.05) is 32.2 Å². The third kappa shape index (κ3) is 9.89. The molecule has 0 aliphatic heterocycles. The summed E-state index contributed by atoms with van der Waals surface area (Å²) in [5.74, 6) is 2.46. The van der Waals surface area contributed by atoms with Crippen LogP contribution in [0.25, 0.3) is 0 Å². The predicted octanol–water partition coefficient (Wildman–Crippen LogP) is 3.35. The summed E-state index contributed by atoms with van der Waals surface area (Å²) in [6, 6.07) is 8.16. The fourth-order valence-corrected chi connectivity index (χ4v) is 2.35. The number of aliphatic imine (C=N–C) groups is 1. The van der Waals surface area contributed by atoms with Crippen molar-refractivity contribution in [2.24, 2.45) is 10.9 Å². The van der Waals surface area contributed by atoms with Gasteiger partial charge in [-0.25, -0.2) is 0 Å². The molecule has 0 aliphatic rings. The van der Waals surface area contributed by atoms with E-state index < -0.39 is 0 Å².